The minimum Gasteiger partial charge on any atom is -0.486 e. The fourth-order valence-electron chi connectivity index (χ4n) is 3.51. The zero-order valence-electron chi connectivity index (χ0n) is 17.4. The van der Waals surface area contributed by atoms with Gasteiger partial charge in [0.1, 0.15) is 12.4 Å². The second kappa shape index (κ2) is 10.0. The molecule has 0 radical (unpaired) electrons. The van der Waals surface area contributed by atoms with Gasteiger partial charge in [0.05, 0.1) is 5.75 Å². The van der Waals surface area contributed by atoms with E-state index in [1.165, 1.54) is 41.3 Å². The molecule has 3 rings (SSSR count). The molecule has 3 N–H and O–H groups in total. The van der Waals surface area contributed by atoms with E-state index in [-0.39, 0.29) is 24.3 Å². The summed E-state index contributed by atoms with van der Waals surface area (Å²) >= 11 is 1.29. The van der Waals surface area contributed by atoms with Gasteiger partial charge in [0, 0.05) is 6.04 Å². The highest BCUT2D eigenvalue weighted by Gasteiger charge is 2.23. The first-order valence-electron chi connectivity index (χ1n) is 10.3. The number of nitrogen functional groups attached to an aromatic ring is 1. The van der Waals surface area contributed by atoms with E-state index in [4.69, 9.17) is 10.6 Å². The second-order valence-corrected chi connectivity index (χ2v) is 8.95. The molecule has 2 aromatic rings. The van der Waals surface area contributed by atoms with Crippen molar-refractivity contribution in [3.8, 4) is 5.75 Å². The number of nitrogens with one attached hydrogen (secondary N) is 1. The summed E-state index contributed by atoms with van der Waals surface area (Å²) in [5, 5.41) is 11.8. The standard InChI is InChI=1S/C21H31N5O2S/c1-14(2)16-8-10-17(11-9-16)28-12-19-24-25-21(26(19)22)29-13-20(27)23-18-7-5-4-6-15(18)3/h8-11,14-15,18H,4-7,12-13,22H2,1-3H3,(H,23,27)/t15-,18-/m0/s1. The number of ether oxygens (including phenoxy) is 1. The van der Waals surface area contributed by atoms with Crippen LogP contribution in [0.2, 0.25) is 0 Å². The van der Waals surface area contributed by atoms with Crippen LogP contribution in [-0.4, -0.2) is 32.6 Å². The molecular weight excluding hydrogens is 386 g/mol. The highest BCUT2D eigenvalue weighted by Crippen LogP contribution is 2.24. The quantitative estimate of drug-likeness (QED) is 0.504. The van der Waals surface area contributed by atoms with E-state index in [9.17, 15) is 4.79 Å². The minimum absolute atomic E-state index is 0.0137. The number of carbonyl (C=O) groups excluding carboxylic acids is 1. The Labute approximate surface area is 176 Å². The molecule has 1 saturated carbocycles. The lowest BCUT2D eigenvalue weighted by Gasteiger charge is -2.29. The summed E-state index contributed by atoms with van der Waals surface area (Å²) in [6.07, 6.45) is 4.68. The van der Waals surface area contributed by atoms with Crippen molar-refractivity contribution in [2.75, 3.05) is 11.6 Å². The molecule has 0 aliphatic heterocycles. The monoisotopic (exact) mass is 417 g/mol. The topological polar surface area (TPSA) is 95.1 Å². The van der Waals surface area contributed by atoms with Gasteiger partial charge in [-0.3, -0.25) is 4.79 Å². The molecule has 1 aliphatic rings. The zero-order chi connectivity index (χ0) is 20.8. The summed E-state index contributed by atoms with van der Waals surface area (Å²) in [4.78, 5) is 12.3. The number of benzene rings is 1. The number of hydrogen-bond acceptors (Lipinski definition) is 6. The van der Waals surface area contributed by atoms with Gasteiger partial charge in [0.25, 0.3) is 0 Å². The molecule has 0 saturated heterocycles. The molecule has 1 heterocycles. The van der Waals surface area contributed by atoms with Crippen molar-refractivity contribution in [1.82, 2.24) is 20.2 Å². The van der Waals surface area contributed by atoms with E-state index in [0.29, 0.717) is 22.8 Å². The Morgan fingerprint density at radius 3 is 2.69 bits per heavy atom. The van der Waals surface area contributed by atoms with Gasteiger partial charge in [-0.15, -0.1) is 10.2 Å². The number of nitrogens with zero attached hydrogens (tertiary/aromatic N) is 3. The van der Waals surface area contributed by atoms with Crippen LogP contribution in [0, 0.1) is 5.92 Å². The maximum absolute atomic E-state index is 12.3. The number of thioether (sulfide) groups is 1. The summed E-state index contributed by atoms with van der Waals surface area (Å²) < 4.78 is 7.16. The molecule has 8 heteroatoms. The van der Waals surface area contributed by atoms with Gasteiger partial charge in [0.2, 0.25) is 11.1 Å². The fourth-order valence-corrected chi connectivity index (χ4v) is 4.20. The van der Waals surface area contributed by atoms with Crippen LogP contribution in [0.1, 0.15) is 63.8 Å². The van der Waals surface area contributed by atoms with E-state index in [1.807, 2.05) is 12.1 Å². The minimum atomic E-state index is 0.0137. The van der Waals surface area contributed by atoms with Crippen LogP contribution in [0.25, 0.3) is 0 Å². The summed E-state index contributed by atoms with van der Waals surface area (Å²) in [7, 11) is 0. The van der Waals surface area contributed by atoms with Crippen molar-refractivity contribution in [3.05, 3.63) is 35.7 Å². The van der Waals surface area contributed by atoms with Crippen molar-refractivity contribution in [2.24, 2.45) is 5.92 Å². The number of aromatic nitrogens is 3. The largest absolute Gasteiger partial charge is 0.486 e. The Hall–Kier alpha value is -2.22. The molecule has 1 amide bonds. The number of carbonyl (C=O) groups is 1. The Bertz CT molecular complexity index is 806. The third-order valence-electron chi connectivity index (χ3n) is 5.44. The smallest absolute Gasteiger partial charge is 0.230 e. The van der Waals surface area contributed by atoms with Crippen molar-refractivity contribution < 1.29 is 9.53 Å². The summed E-state index contributed by atoms with van der Waals surface area (Å²) in [5.41, 5.74) is 1.26. The molecule has 0 unspecified atom stereocenters. The van der Waals surface area contributed by atoms with Crippen LogP contribution in [0.5, 0.6) is 5.75 Å². The Kier molecular flexibility index (Phi) is 7.41. The van der Waals surface area contributed by atoms with Crippen LogP contribution >= 0.6 is 11.8 Å². The number of nitrogens with two attached hydrogens (primary N) is 1. The average Bonchev–Trinajstić information content (AvgIpc) is 3.06. The lowest BCUT2D eigenvalue weighted by atomic mass is 9.86. The zero-order valence-corrected chi connectivity index (χ0v) is 18.2. The van der Waals surface area contributed by atoms with Crippen molar-refractivity contribution >= 4 is 17.7 Å². The predicted molar refractivity (Wildman–Crippen MR) is 115 cm³/mol. The SMILES string of the molecule is CC(C)c1ccc(OCc2nnc(SCC(=O)N[C@H]3CCCC[C@@H]3C)n2N)cc1. The van der Waals surface area contributed by atoms with Crippen molar-refractivity contribution in [1.29, 1.82) is 0 Å². The van der Waals surface area contributed by atoms with Crippen LogP contribution < -0.4 is 15.9 Å². The third-order valence-corrected chi connectivity index (χ3v) is 6.38. The molecule has 29 heavy (non-hydrogen) atoms. The molecular formula is C21H31N5O2S. The molecule has 0 bridgehead atoms. The molecule has 1 fully saturated rings. The van der Waals surface area contributed by atoms with E-state index in [2.05, 4.69) is 48.4 Å². The van der Waals surface area contributed by atoms with Gasteiger partial charge in [-0.25, -0.2) is 4.68 Å². The van der Waals surface area contributed by atoms with Gasteiger partial charge in [-0.1, -0.05) is 57.5 Å². The lowest BCUT2D eigenvalue weighted by Crippen LogP contribution is -2.41. The van der Waals surface area contributed by atoms with Crippen LogP contribution in [-0.2, 0) is 11.4 Å². The van der Waals surface area contributed by atoms with E-state index in [1.54, 1.807) is 0 Å². The number of rotatable bonds is 8. The molecule has 2 atom stereocenters. The highest BCUT2D eigenvalue weighted by atomic mass is 32.2. The van der Waals surface area contributed by atoms with Gasteiger partial charge in [-0.05, 0) is 42.4 Å². The third kappa shape index (κ3) is 5.88. The van der Waals surface area contributed by atoms with Gasteiger partial charge in [-0.2, -0.15) is 0 Å². The van der Waals surface area contributed by atoms with Gasteiger partial charge >= 0.3 is 0 Å². The van der Waals surface area contributed by atoms with Crippen LogP contribution in [0.3, 0.4) is 0 Å². The maximum atomic E-state index is 12.3. The van der Waals surface area contributed by atoms with Crippen molar-refractivity contribution in [3.63, 3.8) is 0 Å². The summed E-state index contributed by atoms with van der Waals surface area (Å²) in [6, 6.07) is 8.27. The Morgan fingerprint density at radius 2 is 2.00 bits per heavy atom. The number of hydrogen-bond donors (Lipinski definition) is 2. The van der Waals surface area contributed by atoms with Crippen LogP contribution in [0.15, 0.2) is 29.4 Å². The second-order valence-electron chi connectivity index (χ2n) is 8.01. The molecule has 7 nitrogen and oxygen atoms in total. The van der Waals surface area contributed by atoms with Gasteiger partial charge < -0.3 is 15.9 Å². The predicted octanol–water partition coefficient (Wildman–Crippen LogP) is 3.48. The lowest BCUT2D eigenvalue weighted by molar-refractivity contribution is -0.119. The first-order valence-corrected chi connectivity index (χ1v) is 11.3. The first-order chi connectivity index (χ1) is 13.9. The first kappa shape index (κ1) is 21.5. The molecule has 1 aromatic carbocycles. The van der Waals surface area contributed by atoms with Gasteiger partial charge in [0.15, 0.2) is 5.82 Å². The summed E-state index contributed by atoms with van der Waals surface area (Å²) in [6.45, 7) is 6.73. The maximum Gasteiger partial charge on any atom is 0.230 e. The van der Waals surface area contributed by atoms with Crippen molar-refractivity contribution in [2.45, 2.75) is 70.2 Å². The molecule has 158 valence electrons. The Balaban J connectivity index is 1.48. The number of amides is 1. The van der Waals surface area contributed by atoms with E-state index >= 15 is 0 Å². The van der Waals surface area contributed by atoms with E-state index < -0.39 is 0 Å². The van der Waals surface area contributed by atoms with E-state index in [0.717, 1.165) is 12.2 Å². The Morgan fingerprint density at radius 1 is 1.28 bits per heavy atom. The molecule has 1 aromatic heterocycles. The molecule has 1 aliphatic carbocycles. The summed E-state index contributed by atoms with van der Waals surface area (Å²) in [5.74, 6) is 8.66. The average molecular weight is 418 g/mol. The fraction of sp³-hybridized carbons (Fsp3) is 0.571. The highest BCUT2D eigenvalue weighted by molar-refractivity contribution is 7.99. The normalized spacial score (nSPS) is 19.3. The van der Waals surface area contributed by atoms with Crippen LogP contribution in [0.4, 0.5) is 0 Å². The molecule has 0 spiro atoms.